The highest BCUT2D eigenvalue weighted by atomic mass is 79.9. The van der Waals surface area contributed by atoms with Crippen LogP contribution in [0.5, 0.6) is 0 Å². The third-order valence-corrected chi connectivity index (χ3v) is 4.69. The summed E-state index contributed by atoms with van der Waals surface area (Å²) in [4.78, 5) is 0. The average molecular weight is 337 g/mol. The van der Waals surface area contributed by atoms with Gasteiger partial charge in [-0.3, -0.25) is 0 Å². The number of hydrogen-bond acceptors (Lipinski definition) is 2. The van der Waals surface area contributed by atoms with Gasteiger partial charge in [-0.2, -0.15) is 5.26 Å². The zero-order chi connectivity index (χ0) is 14.3. The van der Waals surface area contributed by atoms with Gasteiger partial charge in [-0.25, -0.2) is 4.39 Å². The number of nitriles is 1. The highest BCUT2D eigenvalue weighted by Crippen LogP contribution is 2.36. The monoisotopic (exact) mass is 336 g/mol. The second-order valence-corrected chi connectivity index (χ2v) is 6.16. The van der Waals surface area contributed by atoms with Crippen LogP contribution in [0, 0.1) is 17.1 Å². The van der Waals surface area contributed by atoms with E-state index in [2.05, 4.69) is 20.5 Å². The molecule has 1 fully saturated rings. The number of hydrogen-bond donors (Lipinski definition) is 1. The fourth-order valence-electron chi connectivity index (χ4n) is 2.95. The lowest BCUT2D eigenvalue weighted by Crippen LogP contribution is -2.20. The minimum atomic E-state index is -0.484. The van der Waals surface area contributed by atoms with E-state index in [1.54, 1.807) is 6.07 Å². The molecule has 0 unspecified atom stereocenters. The highest BCUT2D eigenvalue weighted by Gasteiger charge is 2.23. The van der Waals surface area contributed by atoms with E-state index < -0.39 is 5.82 Å². The van der Waals surface area contributed by atoms with E-state index in [-0.39, 0.29) is 17.7 Å². The van der Waals surface area contributed by atoms with Crippen LogP contribution in [-0.4, -0.2) is 15.8 Å². The molecule has 2 aromatic rings. The molecule has 20 heavy (non-hydrogen) atoms. The van der Waals surface area contributed by atoms with Crippen LogP contribution < -0.4 is 0 Å². The summed E-state index contributed by atoms with van der Waals surface area (Å²) >= 11 is 3.48. The van der Waals surface area contributed by atoms with Crippen LogP contribution in [0.15, 0.2) is 22.8 Å². The maximum absolute atomic E-state index is 13.8. The van der Waals surface area contributed by atoms with E-state index in [1.165, 1.54) is 6.07 Å². The molecule has 0 bridgehead atoms. The van der Waals surface area contributed by atoms with Gasteiger partial charge in [-0.15, -0.1) is 0 Å². The molecule has 0 amide bonds. The predicted octanol–water partition coefficient (Wildman–Crippen LogP) is 3.89. The third kappa shape index (κ3) is 2.23. The lowest BCUT2D eigenvalue weighted by atomic mass is 9.93. The summed E-state index contributed by atoms with van der Waals surface area (Å²) in [6.45, 7) is 0. The van der Waals surface area contributed by atoms with Crippen molar-refractivity contribution in [2.75, 3.05) is 0 Å². The molecule has 3 nitrogen and oxygen atoms in total. The van der Waals surface area contributed by atoms with Gasteiger partial charge < -0.3 is 9.67 Å². The minimum absolute atomic E-state index is 0.0648. The number of nitrogens with zero attached hydrogens (tertiary/aromatic N) is 2. The van der Waals surface area contributed by atoms with Crippen molar-refractivity contribution in [3.63, 3.8) is 0 Å². The van der Waals surface area contributed by atoms with Gasteiger partial charge in [0.1, 0.15) is 11.9 Å². The Morgan fingerprint density at radius 3 is 2.65 bits per heavy atom. The molecule has 5 heteroatoms. The van der Waals surface area contributed by atoms with Crippen LogP contribution in [0.3, 0.4) is 0 Å². The number of aromatic nitrogens is 1. The summed E-state index contributed by atoms with van der Waals surface area (Å²) < 4.78 is 16.8. The van der Waals surface area contributed by atoms with Crippen molar-refractivity contribution < 1.29 is 9.50 Å². The Hall–Kier alpha value is -1.38. The Morgan fingerprint density at radius 1 is 1.30 bits per heavy atom. The molecule has 0 radical (unpaired) electrons. The van der Waals surface area contributed by atoms with Gasteiger partial charge in [0.25, 0.3) is 0 Å². The Labute approximate surface area is 124 Å². The summed E-state index contributed by atoms with van der Waals surface area (Å²) in [6, 6.07) is 5.17. The predicted molar refractivity (Wildman–Crippen MR) is 77.8 cm³/mol. The van der Waals surface area contributed by atoms with E-state index in [0.29, 0.717) is 0 Å². The maximum atomic E-state index is 13.8. The van der Waals surface area contributed by atoms with E-state index in [1.807, 2.05) is 12.3 Å². The molecule has 1 aromatic carbocycles. The second-order valence-electron chi connectivity index (χ2n) is 5.31. The molecule has 1 aliphatic rings. The standard InChI is InChI=1S/C15H14BrFN2O/c16-13-8-19(10-1-3-11(20)4-2-10)15-6-14(17)9(7-18)5-12(13)15/h5-6,8,10-11,20H,1-4H2. The van der Waals surface area contributed by atoms with Crippen LogP contribution in [0.2, 0.25) is 0 Å². The van der Waals surface area contributed by atoms with Crippen LogP contribution in [0.4, 0.5) is 4.39 Å². The van der Waals surface area contributed by atoms with Crippen molar-refractivity contribution in [3.8, 4) is 6.07 Å². The van der Waals surface area contributed by atoms with Gasteiger partial charge in [0.05, 0.1) is 17.2 Å². The number of rotatable bonds is 1. The number of aliphatic hydroxyl groups excluding tert-OH is 1. The Balaban J connectivity index is 2.08. The molecule has 0 atom stereocenters. The molecular weight excluding hydrogens is 323 g/mol. The van der Waals surface area contributed by atoms with E-state index in [0.717, 1.165) is 41.1 Å². The average Bonchev–Trinajstić information content (AvgIpc) is 2.75. The van der Waals surface area contributed by atoms with Crippen molar-refractivity contribution in [2.24, 2.45) is 0 Å². The summed E-state index contributed by atoms with van der Waals surface area (Å²) in [6.07, 6.45) is 5.08. The van der Waals surface area contributed by atoms with Crippen molar-refractivity contribution in [2.45, 2.75) is 37.8 Å². The first-order chi connectivity index (χ1) is 9.60. The minimum Gasteiger partial charge on any atom is -0.393 e. The molecule has 1 heterocycles. The van der Waals surface area contributed by atoms with E-state index in [9.17, 15) is 9.50 Å². The SMILES string of the molecule is N#Cc1cc2c(Br)cn(C3CCC(O)CC3)c2cc1F. The topological polar surface area (TPSA) is 49.0 Å². The first kappa shape index (κ1) is 13.6. The Bertz CT molecular complexity index is 696. The second kappa shape index (κ2) is 5.19. The molecule has 1 aromatic heterocycles. The normalized spacial score (nSPS) is 22.9. The smallest absolute Gasteiger partial charge is 0.143 e. The maximum Gasteiger partial charge on any atom is 0.143 e. The molecule has 1 N–H and O–H groups in total. The molecule has 1 saturated carbocycles. The van der Waals surface area contributed by atoms with E-state index in [4.69, 9.17) is 5.26 Å². The lowest BCUT2D eigenvalue weighted by Gasteiger charge is -2.27. The highest BCUT2D eigenvalue weighted by molar-refractivity contribution is 9.10. The van der Waals surface area contributed by atoms with Gasteiger partial charge in [0.15, 0.2) is 0 Å². The Morgan fingerprint density at radius 2 is 2.00 bits per heavy atom. The number of benzene rings is 1. The molecule has 104 valence electrons. The zero-order valence-corrected chi connectivity index (χ0v) is 12.4. The van der Waals surface area contributed by atoms with Gasteiger partial charge in [0, 0.05) is 22.1 Å². The van der Waals surface area contributed by atoms with Crippen LogP contribution in [0.25, 0.3) is 10.9 Å². The largest absolute Gasteiger partial charge is 0.393 e. The number of fused-ring (bicyclic) bond motifs is 1. The van der Waals surface area contributed by atoms with Gasteiger partial charge >= 0.3 is 0 Å². The van der Waals surface area contributed by atoms with Crippen LogP contribution >= 0.6 is 15.9 Å². The summed E-state index contributed by atoms with van der Waals surface area (Å²) in [7, 11) is 0. The molecule has 0 saturated heterocycles. The quantitative estimate of drug-likeness (QED) is 0.858. The Kier molecular flexibility index (Phi) is 3.53. The first-order valence-corrected chi connectivity index (χ1v) is 7.47. The lowest BCUT2D eigenvalue weighted by molar-refractivity contribution is 0.111. The van der Waals surface area contributed by atoms with Gasteiger partial charge in [-0.1, -0.05) is 0 Å². The van der Waals surface area contributed by atoms with E-state index >= 15 is 0 Å². The summed E-state index contributed by atoms with van der Waals surface area (Å²) in [5, 5.41) is 19.4. The zero-order valence-electron chi connectivity index (χ0n) is 10.8. The van der Waals surface area contributed by atoms with Crippen molar-refractivity contribution in [3.05, 3.63) is 34.2 Å². The van der Waals surface area contributed by atoms with Crippen LogP contribution in [-0.2, 0) is 0 Å². The first-order valence-electron chi connectivity index (χ1n) is 6.68. The third-order valence-electron chi connectivity index (χ3n) is 4.05. The van der Waals surface area contributed by atoms with Gasteiger partial charge in [-0.05, 0) is 53.7 Å². The molecule has 1 aliphatic carbocycles. The summed E-state index contributed by atoms with van der Waals surface area (Å²) in [5.74, 6) is -0.484. The van der Waals surface area contributed by atoms with Gasteiger partial charge in [0.2, 0.25) is 0 Å². The molecule has 0 spiro atoms. The fraction of sp³-hybridized carbons (Fsp3) is 0.400. The summed E-state index contributed by atoms with van der Waals surface area (Å²) in [5.41, 5.74) is 0.866. The van der Waals surface area contributed by atoms with Crippen molar-refractivity contribution in [1.82, 2.24) is 4.57 Å². The molecular formula is C15H14BrFN2O. The molecule has 0 aliphatic heterocycles. The van der Waals surface area contributed by atoms with Crippen molar-refractivity contribution in [1.29, 1.82) is 5.26 Å². The number of halogens is 2. The van der Waals surface area contributed by atoms with Crippen molar-refractivity contribution >= 4 is 26.8 Å². The molecule has 3 rings (SSSR count). The number of aliphatic hydroxyl groups is 1. The van der Waals surface area contributed by atoms with Crippen LogP contribution in [0.1, 0.15) is 37.3 Å². The fourth-order valence-corrected chi connectivity index (χ4v) is 3.49.